The van der Waals surface area contributed by atoms with Gasteiger partial charge in [-0.15, -0.1) is 0 Å². The van der Waals surface area contributed by atoms with Gasteiger partial charge in [0.05, 0.1) is 39.6 Å². The van der Waals surface area contributed by atoms with E-state index in [1.54, 1.807) is 6.92 Å². The van der Waals surface area contributed by atoms with Crippen molar-refractivity contribution in [2.75, 3.05) is 72.5 Å². The molecule has 0 rings (SSSR count). The van der Waals surface area contributed by atoms with Crippen LogP contribution in [0, 0.1) is 0 Å². The third-order valence-corrected chi connectivity index (χ3v) is 7.02. The number of unbranched alkanes of at least 4 members (excludes halogenated alkanes) is 7. The van der Waals surface area contributed by atoms with Crippen molar-refractivity contribution in [2.24, 2.45) is 0 Å². The summed E-state index contributed by atoms with van der Waals surface area (Å²) in [5.41, 5.74) is 0. The number of aliphatic carboxylic acids is 3. The molecule has 0 aromatic carbocycles. The number of ether oxygens (including phenoxy) is 4. The van der Waals surface area contributed by atoms with Gasteiger partial charge < -0.3 is 55.5 Å². The molecule has 1 unspecified atom stereocenters. The Morgan fingerprint density at radius 1 is 0.519 bits per heavy atom. The van der Waals surface area contributed by atoms with Gasteiger partial charge in [-0.3, -0.25) is 33.6 Å². The van der Waals surface area contributed by atoms with E-state index in [0.29, 0.717) is 72.0 Å². The van der Waals surface area contributed by atoms with Crippen LogP contribution in [0.25, 0.3) is 0 Å². The van der Waals surface area contributed by atoms with E-state index in [4.69, 9.17) is 34.3 Å². The molecule has 0 spiro atoms. The zero-order chi connectivity index (χ0) is 40.8. The maximum Gasteiger partial charge on any atom is 0.326 e. The highest BCUT2D eigenvalue weighted by Crippen LogP contribution is 2.11. The summed E-state index contributed by atoms with van der Waals surface area (Å²) in [5.74, 6) is -4.45. The van der Waals surface area contributed by atoms with E-state index in [-0.39, 0.29) is 56.5 Å². The van der Waals surface area contributed by atoms with Crippen LogP contribution in [0.5, 0.6) is 0 Å². The SMILES string of the molecule is CCC(=O)NCCOCCOCC(=O)NCCOCCOCC(C)=O.O=C(O)CCCCCCCCCCC(=O)NC(CCC(=O)NCC(=O)O)C(=O)O. The molecule has 54 heavy (non-hydrogen) atoms. The molecule has 0 saturated carbocycles. The number of carbonyl (C=O) groups is 8. The van der Waals surface area contributed by atoms with E-state index in [1.807, 2.05) is 0 Å². The van der Waals surface area contributed by atoms with Crippen LogP contribution >= 0.6 is 0 Å². The first kappa shape index (κ1) is 51.9. The van der Waals surface area contributed by atoms with Crippen LogP contribution in [0.3, 0.4) is 0 Å². The van der Waals surface area contributed by atoms with E-state index in [1.165, 1.54) is 6.92 Å². The number of carbonyl (C=O) groups excluding carboxylic acids is 5. The zero-order valence-electron chi connectivity index (χ0n) is 31.8. The minimum Gasteiger partial charge on any atom is -0.481 e. The molecule has 0 aromatic heterocycles. The van der Waals surface area contributed by atoms with Crippen LogP contribution < -0.4 is 21.3 Å². The van der Waals surface area contributed by atoms with Crippen LogP contribution in [0.1, 0.15) is 97.3 Å². The van der Waals surface area contributed by atoms with Crippen molar-refractivity contribution in [3.8, 4) is 0 Å². The van der Waals surface area contributed by atoms with Gasteiger partial charge in [0.2, 0.25) is 23.6 Å². The van der Waals surface area contributed by atoms with E-state index in [2.05, 4.69) is 21.3 Å². The maximum atomic E-state index is 11.9. The molecule has 19 nitrogen and oxygen atoms in total. The molecule has 0 bridgehead atoms. The first-order valence-corrected chi connectivity index (χ1v) is 18.3. The molecule has 0 heterocycles. The van der Waals surface area contributed by atoms with Crippen LogP contribution in [0.15, 0.2) is 0 Å². The first-order valence-electron chi connectivity index (χ1n) is 18.3. The van der Waals surface area contributed by atoms with Crippen molar-refractivity contribution in [3.05, 3.63) is 0 Å². The largest absolute Gasteiger partial charge is 0.481 e. The molecule has 0 saturated heterocycles. The van der Waals surface area contributed by atoms with Gasteiger partial charge in [-0.25, -0.2) is 4.79 Å². The normalized spacial score (nSPS) is 11.0. The van der Waals surface area contributed by atoms with Crippen molar-refractivity contribution < 1.29 is 72.6 Å². The van der Waals surface area contributed by atoms with E-state index >= 15 is 0 Å². The van der Waals surface area contributed by atoms with E-state index < -0.39 is 42.3 Å². The zero-order valence-corrected chi connectivity index (χ0v) is 31.8. The van der Waals surface area contributed by atoms with Gasteiger partial charge in [-0.2, -0.15) is 0 Å². The molecular formula is C35H62N4O15. The fraction of sp³-hybridized carbons (Fsp3) is 0.771. The maximum absolute atomic E-state index is 11.9. The number of hydrogen-bond donors (Lipinski definition) is 7. The highest BCUT2D eigenvalue weighted by Gasteiger charge is 2.21. The molecule has 0 aromatic rings. The smallest absolute Gasteiger partial charge is 0.326 e. The Bertz CT molecular complexity index is 1090. The van der Waals surface area contributed by atoms with Gasteiger partial charge in [-0.05, 0) is 26.2 Å². The van der Waals surface area contributed by atoms with Crippen molar-refractivity contribution >= 4 is 47.3 Å². The van der Waals surface area contributed by atoms with Crippen molar-refractivity contribution in [3.63, 3.8) is 0 Å². The second-order valence-corrected chi connectivity index (χ2v) is 12.0. The number of rotatable bonds is 35. The molecule has 0 aliphatic carbocycles. The topological polar surface area (TPSA) is 282 Å². The monoisotopic (exact) mass is 778 g/mol. The highest BCUT2D eigenvalue weighted by molar-refractivity contribution is 5.85. The Morgan fingerprint density at radius 2 is 1.02 bits per heavy atom. The summed E-state index contributed by atoms with van der Waals surface area (Å²) in [6, 6.07) is -1.19. The minimum absolute atomic E-state index is 0.0101. The van der Waals surface area contributed by atoms with Crippen LogP contribution in [-0.2, 0) is 57.3 Å². The number of hydrogen-bond acceptors (Lipinski definition) is 12. The lowest BCUT2D eigenvalue weighted by atomic mass is 10.1. The molecule has 0 aliphatic heterocycles. The molecule has 0 fully saturated rings. The Hall–Kier alpha value is -4.20. The summed E-state index contributed by atoms with van der Waals surface area (Å²) < 4.78 is 20.7. The number of carboxylic acids is 3. The minimum atomic E-state index is -1.24. The third kappa shape index (κ3) is 40.6. The molecular weight excluding hydrogens is 716 g/mol. The fourth-order valence-corrected chi connectivity index (χ4v) is 4.21. The second-order valence-electron chi connectivity index (χ2n) is 12.0. The lowest BCUT2D eigenvalue weighted by Crippen LogP contribution is -2.41. The number of nitrogens with one attached hydrogen (secondary N) is 4. The second kappa shape index (κ2) is 37.1. The molecule has 0 aliphatic rings. The summed E-state index contributed by atoms with van der Waals surface area (Å²) in [6.07, 6.45) is 7.62. The number of carboxylic acid groups (broad SMARTS) is 3. The van der Waals surface area contributed by atoms with Gasteiger partial charge in [-0.1, -0.05) is 45.4 Å². The Balaban J connectivity index is 0. The molecule has 4 amide bonds. The Kier molecular flexibility index (Phi) is 35.7. The molecule has 312 valence electrons. The lowest BCUT2D eigenvalue weighted by molar-refractivity contribution is -0.142. The van der Waals surface area contributed by atoms with E-state index in [0.717, 1.165) is 38.5 Å². The summed E-state index contributed by atoms with van der Waals surface area (Å²) in [5, 5.41) is 36.0. The Labute approximate surface area is 316 Å². The van der Waals surface area contributed by atoms with Crippen LogP contribution in [0.4, 0.5) is 0 Å². The summed E-state index contributed by atoms with van der Waals surface area (Å²) in [4.78, 5) is 88.3. The van der Waals surface area contributed by atoms with Gasteiger partial charge in [0.1, 0.15) is 25.8 Å². The predicted octanol–water partition coefficient (Wildman–Crippen LogP) is 0.807. The third-order valence-electron chi connectivity index (χ3n) is 7.02. The standard InChI is InChI=1S/C19H32N2O8.C16H30N2O7/c22-15(20-13-18(26)27)12-11-14(19(28)29)21-16(23)9-7-5-3-1-2-4-6-8-10-17(24)25;1-3-15(20)17-4-6-22-9-11-25-13-16(21)18-5-7-23-8-10-24-12-14(2)19/h14H,1-13H2,(H,20,22)(H,21,23)(H,24,25)(H,26,27)(H,28,29);3-13H2,1-2H3,(H,17,20)(H,18,21). The quantitative estimate of drug-likeness (QED) is 0.0438. The van der Waals surface area contributed by atoms with Gasteiger partial charge >= 0.3 is 17.9 Å². The highest BCUT2D eigenvalue weighted by atomic mass is 16.5. The predicted molar refractivity (Wildman–Crippen MR) is 194 cm³/mol. The first-order chi connectivity index (χ1) is 25.8. The molecule has 1 atom stereocenters. The molecule has 19 heteroatoms. The van der Waals surface area contributed by atoms with Gasteiger partial charge in [0.15, 0.2) is 5.78 Å². The molecule has 0 radical (unpaired) electrons. The number of amides is 4. The van der Waals surface area contributed by atoms with Crippen LogP contribution in [0.2, 0.25) is 0 Å². The van der Waals surface area contributed by atoms with Gasteiger partial charge in [0, 0.05) is 38.8 Å². The van der Waals surface area contributed by atoms with Gasteiger partial charge in [0.25, 0.3) is 0 Å². The summed E-state index contributed by atoms with van der Waals surface area (Å²) >= 11 is 0. The summed E-state index contributed by atoms with van der Waals surface area (Å²) in [6.45, 7) is 5.75. The lowest BCUT2D eigenvalue weighted by Gasteiger charge is -2.14. The van der Waals surface area contributed by atoms with Crippen LogP contribution in [-0.4, -0.2) is 141 Å². The van der Waals surface area contributed by atoms with Crippen molar-refractivity contribution in [2.45, 2.75) is 103 Å². The average Bonchev–Trinajstić information content (AvgIpc) is 3.11. The fourth-order valence-electron chi connectivity index (χ4n) is 4.21. The summed E-state index contributed by atoms with van der Waals surface area (Å²) in [7, 11) is 0. The van der Waals surface area contributed by atoms with Crippen molar-refractivity contribution in [1.82, 2.24) is 21.3 Å². The average molecular weight is 779 g/mol. The van der Waals surface area contributed by atoms with E-state index in [9.17, 15) is 38.4 Å². The Morgan fingerprint density at radius 3 is 1.52 bits per heavy atom. The number of ketones is 1. The van der Waals surface area contributed by atoms with Crippen molar-refractivity contribution in [1.29, 1.82) is 0 Å². The number of Topliss-reactive ketones (excluding diaryl/α,β-unsaturated/α-hetero) is 1. The molecule has 7 N–H and O–H groups in total.